The molecule has 1 unspecified atom stereocenters. The molecule has 2 aliphatic rings. The molecule has 0 bridgehead atoms. The number of amides is 1. The van der Waals surface area contributed by atoms with Crippen LogP contribution in [0.4, 0.5) is 13.2 Å². The largest absolute Gasteiger partial charge is 0.416 e. The van der Waals surface area contributed by atoms with Gasteiger partial charge in [0.25, 0.3) is 5.91 Å². The van der Waals surface area contributed by atoms with E-state index in [9.17, 15) is 18.0 Å². The van der Waals surface area contributed by atoms with Gasteiger partial charge in [-0.1, -0.05) is 6.07 Å². The summed E-state index contributed by atoms with van der Waals surface area (Å²) in [6, 6.07) is 5.44. The van der Waals surface area contributed by atoms with Crippen molar-refractivity contribution < 1.29 is 18.0 Å². The second-order valence-electron chi connectivity index (χ2n) is 8.19. The van der Waals surface area contributed by atoms with Crippen LogP contribution >= 0.6 is 0 Å². The van der Waals surface area contributed by atoms with Crippen molar-refractivity contribution in [2.75, 3.05) is 27.2 Å². The fourth-order valence-electron chi connectivity index (χ4n) is 4.02. The van der Waals surface area contributed by atoms with Crippen LogP contribution in [0.3, 0.4) is 0 Å². The van der Waals surface area contributed by atoms with Gasteiger partial charge >= 0.3 is 6.18 Å². The van der Waals surface area contributed by atoms with Crippen LogP contribution in [0.1, 0.15) is 53.2 Å². The standard InChI is InChI=1S/C21H25F3N4O/c1-26(2)17-7-4-10-27(13-17)20(29)18-12-25-28(19(18)14-8-9-14)16-6-3-5-15(11-16)21(22,23)24/h3,5-6,11-12,14,17H,4,7-10,13H2,1-2H3. The average molecular weight is 406 g/mol. The van der Waals surface area contributed by atoms with Crippen LogP contribution in [-0.4, -0.2) is 58.7 Å². The van der Waals surface area contributed by atoms with Crippen LogP contribution in [0.15, 0.2) is 30.5 Å². The Morgan fingerprint density at radius 3 is 2.62 bits per heavy atom. The summed E-state index contributed by atoms with van der Waals surface area (Å²) >= 11 is 0. The summed E-state index contributed by atoms with van der Waals surface area (Å²) < 4.78 is 40.9. The molecule has 4 rings (SSSR count). The smallest absolute Gasteiger partial charge is 0.337 e. The Kier molecular flexibility index (Phi) is 5.14. The lowest BCUT2D eigenvalue weighted by molar-refractivity contribution is -0.137. The number of carbonyl (C=O) groups is 1. The third-order valence-corrected chi connectivity index (χ3v) is 5.83. The van der Waals surface area contributed by atoms with Gasteiger partial charge in [-0.3, -0.25) is 4.79 Å². The zero-order chi connectivity index (χ0) is 20.8. The highest BCUT2D eigenvalue weighted by atomic mass is 19.4. The molecule has 5 nitrogen and oxygen atoms in total. The molecule has 1 atom stereocenters. The van der Waals surface area contributed by atoms with Crippen molar-refractivity contribution in [2.24, 2.45) is 0 Å². The molecule has 1 aliphatic carbocycles. The van der Waals surface area contributed by atoms with E-state index in [0.29, 0.717) is 30.4 Å². The lowest BCUT2D eigenvalue weighted by atomic mass is 10.0. The van der Waals surface area contributed by atoms with E-state index >= 15 is 0 Å². The third-order valence-electron chi connectivity index (χ3n) is 5.83. The van der Waals surface area contributed by atoms with E-state index < -0.39 is 11.7 Å². The first-order valence-corrected chi connectivity index (χ1v) is 9.97. The second kappa shape index (κ2) is 7.48. The number of benzene rings is 1. The summed E-state index contributed by atoms with van der Waals surface area (Å²) in [5, 5.41) is 4.33. The molecule has 8 heteroatoms. The quantitative estimate of drug-likeness (QED) is 0.773. The van der Waals surface area contributed by atoms with Crippen LogP contribution in [0, 0.1) is 0 Å². The summed E-state index contributed by atoms with van der Waals surface area (Å²) in [6.07, 6.45) is 0.938. The Hall–Kier alpha value is -2.35. The number of alkyl halides is 3. The predicted molar refractivity (Wildman–Crippen MR) is 103 cm³/mol. The summed E-state index contributed by atoms with van der Waals surface area (Å²) in [6.45, 7) is 1.35. The van der Waals surface area contributed by atoms with Gasteiger partial charge in [-0.15, -0.1) is 0 Å². The molecule has 2 aromatic rings. The van der Waals surface area contributed by atoms with E-state index in [-0.39, 0.29) is 11.8 Å². The first-order chi connectivity index (χ1) is 13.8. The minimum Gasteiger partial charge on any atom is -0.337 e. The molecule has 1 aliphatic heterocycles. The highest BCUT2D eigenvalue weighted by Gasteiger charge is 2.36. The number of hydrogen-bond acceptors (Lipinski definition) is 3. The summed E-state index contributed by atoms with van der Waals surface area (Å²) in [4.78, 5) is 17.3. The Morgan fingerprint density at radius 1 is 1.21 bits per heavy atom. The lowest BCUT2D eigenvalue weighted by Crippen LogP contribution is -2.47. The van der Waals surface area contributed by atoms with E-state index in [1.165, 1.54) is 16.9 Å². The number of rotatable bonds is 4. The van der Waals surface area contributed by atoms with Gasteiger partial charge in [-0.05, 0) is 58.0 Å². The van der Waals surface area contributed by atoms with E-state index in [1.54, 1.807) is 6.07 Å². The molecule has 2 fully saturated rings. The van der Waals surface area contributed by atoms with Crippen LogP contribution in [0.2, 0.25) is 0 Å². The number of carbonyl (C=O) groups excluding carboxylic acids is 1. The van der Waals surface area contributed by atoms with Gasteiger partial charge < -0.3 is 9.80 Å². The number of hydrogen-bond donors (Lipinski definition) is 0. The highest BCUT2D eigenvalue weighted by molar-refractivity contribution is 5.95. The fraction of sp³-hybridized carbons (Fsp3) is 0.524. The van der Waals surface area contributed by atoms with E-state index in [0.717, 1.165) is 43.5 Å². The number of halogens is 3. The van der Waals surface area contributed by atoms with Crippen LogP contribution in [0.25, 0.3) is 5.69 Å². The van der Waals surface area contributed by atoms with Crippen LogP contribution < -0.4 is 0 Å². The molecule has 1 saturated carbocycles. The van der Waals surface area contributed by atoms with Gasteiger partial charge in [-0.2, -0.15) is 18.3 Å². The van der Waals surface area contributed by atoms with Crippen LogP contribution in [0.5, 0.6) is 0 Å². The maximum atomic E-state index is 13.3. The zero-order valence-electron chi connectivity index (χ0n) is 16.6. The molecule has 29 heavy (non-hydrogen) atoms. The van der Waals surface area contributed by atoms with Gasteiger partial charge in [0.05, 0.1) is 28.7 Å². The molecule has 1 saturated heterocycles. The Labute approximate surface area is 168 Å². The SMILES string of the molecule is CN(C)C1CCCN(C(=O)c2cnn(-c3cccc(C(F)(F)F)c3)c2C2CC2)C1. The topological polar surface area (TPSA) is 41.4 Å². The minimum absolute atomic E-state index is 0.0725. The number of nitrogens with zero attached hydrogens (tertiary/aromatic N) is 4. The number of likely N-dealkylation sites (tertiary alicyclic amines) is 1. The monoisotopic (exact) mass is 406 g/mol. The molecule has 0 spiro atoms. The molecule has 156 valence electrons. The van der Waals surface area contributed by atoms with Crippen molar-refractivity contribution >= 4 is 5.91 Å². The second-order valence-corrected chi connectivity index (χ2v) is 8.19. The Morgan fingerprint density at radius 2 is 1.97 bits per heavy atom. The van der Waals surface area contributed by atoms with Gasteiger partial charge in [0, 0.05) is 25.0 Å². The average Bonchev–Trinajstić information content (AvgIpc) is 3.44. The molecule has 1 aromatic heterocycles. The van der Waals surface area contributed by atoms with E-state index in [4.69, 9.17) is 0 Å². The molecular weight excluding hydrogens is 381 g/mol. The maximum absolute atomic E-state index is 13.3. The predicted octanol–water partition coefficient (Wildman–Crippen LogP) is 3.93. The lowest BCUT2D eigenvalue weighted by Gasteiger charge is -2.36. The van der Waals surface area contributed by atoms with E-state index in [1.807, 2.05) is 19.0 Å². The minimum atomic E-state index is -4.42. The third kappa shape index (κ3) is 4.03. The highest BCUT2D eigenvalue weighted by Crippen LogP contribution is 2.43. The van der Waals surface area contributed by atoms with Crippen molar-refractivity contribution in [3.8, 4) is 5.69 Å². The van der Waals surface area contributed by atoms with Gasteiger partial charge in [-0.25, -0.2) is 4.68 Å². The number of likely N-dealkylation sites (N-methyl/N-ethyl adjacent to an activating group) is 1. The molecule has 0 radical (unpaired) electrons. The fourth-order valence-corrected chi connectivity index (χ4v) is 4.02. The van der Waals surface area contributed by atoms with Crippen molar-refractivity contribution in [3.63, 3.8) is 0 Å². The summed E-state index contributed by atoms with van der Waals surface area (Å²) in [5.74, 6) is 0.0945. The molecule has 0 N–H and O–H groups in total. The van der Waals surface area contributed by atoms with Gasteiger partial charge in [0.2, 0.25) is 0 Å². The normalized spacial score (nSPS) is 20.3. The maximum Gasteiger partial charge on any atom is 0.416 e. The van der Waals surface area contributed by atoms with Gasteiger partial charge in [0.15, 0.2) is 0 Å². The summed E-state index contributed by atoms with van der Waals surface area (Å²) in [5.41, 5.74) is 0.876. The number of piperidine rings is 1. The first kappa shape index (κ1) is 19.9. The van der Waals surface area contributed by atoms with E-state index in [2.05, 4.69) is 10.00 Å². The first-order valence-electron chi connectivity index (χ1n) is 9.97. The van der Waals surface area contributed by atoms with Crippen molar-refractivity contribution in [3.05, 3.63) is 47.3 Å². The molecular formula is C21H25F3N4O. The molecule has 1 amide bonds. The molecule has 2 heterocycles. The van der Waals surface area contributed by atoms with Crippen molar-refractivity contribution in [1.29, 1.82) is 0 Å². The Balaban J connectivity index is 1.67. The van der Waals surface area contributed by atoms with Crippen molar-refractivity contribution in [1.82, 2.24) is 19.6 Å². The Bertz CT molecular complexity index is 902. The zero-order valence-corrected chi connectivity index (χ0v) is 16.6. The van der Waals surface area contributed by atoms with Crippen LogP contribution in [-0.2, 0) is 6.18 Å². The summed E-state index contributed by atoms with van der Waals surface area (Å²) in [7, 11) is 4.03. The van der Waals surface area contributed by atoms with Gasteiger partial charge in [0.1, 0.15) is 0 Å². The number of aromatic nitrogens is 2. The molecule has 1 aromatic carbocycles. The van der Waals surface area contributed by atoms with Crippen molar-refractivity contribution in [2.45, 2.75) is 43.8 Å².